The normalized spacial score (nSPS) is 10.5. The van der Waals surface area contributed by atoms with Crippen LogP contribution in [0.3, 0.4) is 0 Å². The van der Waals surface area contributed by atoms with Crippen LogP contribution >= 0.6 is 0 Å². The van der Waals surface area contributed by atoms with Gasteiger partial charge in [0, 0.05) is 0 Å². The maximum Gasteiger partial charge on any atom is 0.300 e. The molecule has 0 unspecified atom stereocenters. The van der Waals surface area contributed by atoms with Gasteiger partial charge in [0.2, 0.25) is 5.78 Å². The molecule has 82 valence electrons. The van der Waals surface area contributed by atoms with Crippen molar-refractivity contribution in [3.8, 4) is 5.75 Å². The highest BCUT2D eigenvalue weighted by atomic mass is 19.3. The molecule has 0 radical (unpaired) electrons. The van der Waals surface area contributed by atoms with Crippen molar-refractivity contribution >= 4 is 5.78 Å². The number of carbonyl (C=O) groups is 1. The second-order valence-electron chi connectivity index (χ2n) is 2.99. The van der Waals surface area contributed by atoms with Crippen molar-refractivity contribution in [1.82, 2.24) is 0 Å². The van der Waals surface area contributed by atoms with Gasteiger partial charge < -0.3 is 4.74 Å². The van der Waals surface area contributed by atoms with E-state index in [2.05, 4.69) is 4.74 Å². The van der Waals surface area contributed by atoms with Crippen LogP contribution in [0.2, 0.25) is 0 Å². The Hall–Kier alpha value is -1.52. The van der Waals surface area contributed by atoms with Gasteiger partial charge in [-0.3, -0.25) is 4.79 Å². The Kier molecular flexibility index (Phi) is 3.34. The second kappa shape index (κ2) is 4.33. The lowest BCUT2D eigenvalue weighted by molar-refractivity contribution is 0.0670. The number of alkyl halides is 2. The number of aryl methyl sites for hydroxylation is 1. The Morgan fingerprint density at radius 3 is 2.47 bits per heavy atom. The van der Waals surface area contributed by atoms with Gasteiger partial charge in [-0.2, -0.15) is 0 Å². The first-order valence-corrected chi connectivity index (χ1v) is 4.14. The number of hydrogen-bond acceptors (Lipinski definition) is 2. The molecule has 0 N–H and O–H groups in total. The number of Topliss-reactive ketones (excluding diaryl/α,β-unsaturated/α-hetero) is 1. The third-order valence-electron chi connectivity index (χ3n) is 1.86. The average molecular weight is 218 g/mol. The largest absolute Gasteiger partial charge is 0.496 e. The van der Waals surface area contributed by atoms with Gasteiger partial charge in [0.1, 0.15) is 17.1 Å². The second-order valence-corrected chi connectivity index (χ2v) is 2.99. The first kappa shape index (κ1) is 11.6. The monoisotopic (exact) mass is 218 g/mol. The molecule has 0 amide bonds. The number of methoxy groups -OCH3 is 1. The van der Waals surface area contributed by atoms with Crippen molar-refractivity contribution in [3.63, 3.8) is 0 Å². The quantitative estimate of drug-likeness (QED) is 0.729. The first-order chi connectivity index (χ1) is 6.97. The number of rotatable bonds is 3. The molecule has 0 aromatic heterocycles. The molecule has 5 heteroatoms. The molecule has 0 aliphatic carbocycles. The molecular weight excluding hydrogens is 209 g/mol. The van der Waals surface area contributed by atoms with Crippen molar-refractivity contribution in [3.05, 3.63) is 29.1 Å². The molecule has 0 bridgehead atoms. The molecule has 15 heavy (non-hydrogen) atoms. The molecule has 1 rings (SSSR count). The van der Waals surface area contributed by atoms with Crippen molar-refractivity contribution in [1.29, 1.82) is 0 Å². The minimum atomic E-state index is -3.24. The molecule has 1 aromatic rings. The van der Waals surface area contributed by atoms with E-state index in [0.29, 0.717) is 5.56 Å². The Morgan fingerprint density at radius 2 is 2.00 bits per heavy atom. The van der Waals surface area contributed by atoms with E-state index < -0.39 is 23.6 Å². The summed E-state index contributed by atoms with van der Waals surface area (Å²) in [7, 11) is 1.19. The predicted molar refractivity (Wildman–Crippen MR) is 48.0 cm³/mol. The van der Waals surface area contributed by atoms with Crippen LogP contribution in [0.25, 0.3) is 0 Å². The van der Waals surface area contributed by atoms with Gasteiger partial charge in [0.25, 0.3) is 0 Å². The number of halogens is 3. The van der Waals surface area contributed by atoms with Gasteiger partial charge >= 0.3 is 6.43 Å². The Labute approximate surface area is 84.7 Å². The average Bonchev–Trinajstić information content (AvgIpc) is 2.15. The minimum absolute atomic E-state index is 0.169. The summed E-state index contributed by atoms with van der Waals surface area (Å²) in [6, 6.07) is 2.34. The number of hydrogen-bond donors (Lipinski definition) is 0. The van der Waals surface area contributed by atoms with Gasteiger partial charge in [-0.05, 0) is 24.6 Å². The summed E-state index contributed by atoms with van der Waals surface area (Å²) < 4.78 is 42.2. The van der Waals surface area contributed by atoms with Gasteiger partial charge in [-0.1, -0.05) is 0 Å². The molecule has 2 nitrogen and oxygen atoms in total. The predicted octanol–water partition coefficient (Wildman–Crippen LogP) is 2.59. The molecule has 0 saturated heterocycles. The zero-order chi connectivity index (χ0) is 11.6. The van der Waals surface area contributed by atoms with Crippen LogP contribution in [0.15, 0.2) is 12.1 Å². The molecule has 0 fully saturated rings. The lowest BCUT2D eigenvalue weighted by Crippen LogP contribution is -2.14. The van der Waals surface area contributed by atoms with Crippen molar-refractivity contribution in [2.24, 2.45) is 0 Å². The number of ketones is 1. The van der Waals surface area contributed by atoms with Crippen molar-refractivity contribution in [2.45, 2.75) is 13.3 Å². The smallest absolute Gasteiger partial charge is 0.300 e. The minimum Gasteiger partial charge on any atom is -0.496 e. The lowest BCUT2D eigenvalue weighted by Gasteiger charge is -2.09. The first-order valence-electron chi connectivity index (χ1n) is 4.14. The van der Waals surface area contributed by atoms with Crippen LogP contribution in [0.1, 0.15) is 15.9 Å². The van der Waals surface area contributed by atoms with E-state index >= 15 is 0 Å². The summed E-state index contributed by atoms with van der Waals surface area (Å²) in [6.45, 7) is 1.57. The van der Waals surface area contributed by atoms with Crippen LogP contribution in [-0.4, -0.2) is 19.3 Å². The van der Waals surface area contributed by atoms with E-state index in [1.54, 1.807) is 6.92 Å². The zero-order valence-corrected chi connectivity index (χ0v) is 8.18. The number of benzene rings is 1. The standard InChI is InChI=1S/C10H9F3O2/c1-5-3-6(11)8(7(4-5)15-2)9(14)10(12)13/h3-4,10H,1-2H3. The fraction of sp³-hybridized carbons (Fsp3) is 0.300. The molecule has 0 heterocycles. The number of ether oxygens (including phenoxy) is 1. The van der Waals surface area contributed by atoms with E-state index in [-0.39, 0.29) is 5.75 Å². The molecular formula is C10H9F3O2. The highest BCUT2D eigenvalue weighted by molar-refractivity contribution is 6.01. The molecule has 0 aliphatic rings. The fourth-order valence-corrected chi connectivity index (χ4v) is 1.22. The van der Waals surface area contributed by atoms with Crippen LogP contribution in [0, 0.1) is 12.7 Å². The maximum atomic E-state index is 13.3. The third kappa shape index (κ3) is 2.29. The van der Waals surface area contributed by atoms with Crippen molar-refractivity contribution < 1.29 is 22.7 Å². The Balaban J connectivity index is 3.33. The lowest BCUT2D eigenvalue weighted by atomic mass is 10.1. The van der Waals surface area contributed by atoms with Crippen LogP contribution in [0.4, 0.5) is 13.2 Å². The summed E-state index contributed by atoms with van der Waals surface area (Å²) >= 11 is 0. The summed E-state index contributed by atoms with van der Waals surface area (Å²) in [5.74, 6) is -2.72. The molecule has 0 aliphatic heterocycles. The summed E-state index contributed by atoms with van der Waals surface area (Å²) in [4.78, 5) is 11.0. The van der Waals surface area contributed by atoms with Gasteiger partial charge in [-0.15, -0.1) is 0 Å². The SMILES string of the molecule is COc1cc(C)cc(F)c1C(=O)C(F)F. The van der Waals surface area contributed by atoms with E-state index in [0.717, 1.165) is 6.07 Å². The molecule has 0 atom stereocenters. The highest BCUT2D eigenvalue weighted by Crippen LogP contribution is 2.25. The van der Waals surface area contributed by atoms with Gasteiger partial charge in [-0.25, -0.2) is 13.2 Å². The summed E-state index contributed by atoms with van der Waals surface area (Å²) in [5.41, 5.74) is -0.201. The van der Waals surface area contributed by atoms with E-state index in [9.17, 15) is 18.0 Å². The summed E-state index contributed by atoms with van der Waals surface area (Å²) in [6.07, 6.45) is -3.24. The topological polar surface area (TPSA) is 26.3 Å². The highest BCUT2D eigenvalue weighted by Gasteiger charge is 2.25. The van der Waals surface area contributed by atoms with Crippen LogP contribution in [0.5, 0.6) is 5.75 Å². The Morgan fingerprint density at radius 1 is 1.40 bits per heavy atom. The fourth-order valence-electron chi connectivity index (χ4n) is 1.22. The number of carbonyl (C=O) groups excluding carboxylic acids is 1. The third-order valence-corrected chi connectivity index (χ3v) is 1.86. The zero-order valence-electron chi connectivity index (χ0n) is 8.18. The van der Waals surface area contributed by atoms with Gasteiger partial charge in [0.15, 0.2) is 0 Å². The van der Waals surface area contributed by atoms with Crippen LogP contribution in [-0.2, 0) is 0 Å². The van der Waals surface area contributed by atoms with Crippen molar-refractivity contribution in [2.75, 3.05) is 7.11 Å². The maximum absolute atomic E-state index is 13.3. The van der Waals surface area contributed by atoms with E-state index in [1.165, 1.54) is 13.2 Å². The molecule has 1 aromatic carbocycles. The van der Waals surface area contributed by atoms with Crippen LogP contribution < -0.4 is 4.74 Å². The van der Waals surface area contributed by atoms with E-state index in [4.69, 9.17) is 0 Å². The molecule has 0 saturated carbocycles. The summed E-state index contributed by atoms with van der Waals surface area (Å²) in [5, 5.41) is 0. The van der Waals surface area contributed by atoms with Gasteiger partial charge in [0.05, 0.1) is 7.11 Å². The van der Waals surface area contributed by atoms with E-state index in [1.807, 2.05) is 0 Å². The molecule has 0 spiro atoms. The Bertz CT molecular complexity index is 388.